The fourth-order valence-electron chi connectivity index (χ4n) is 0.784. The maximum Gasteiger partial charge on any atom is 0.185 e. The second kappa shape index (κ2) is 2.49. The lowest BCUT2D eigenvalue weighted by Gasteiger charge is -1.89. The molecule has 54 valence electrons. The van der Waals surface area contributed by atoms with Gasteiger partial charge in [-0.15, -0.1) is 0 Å². The van der Waals surface area contributed by atoms with Crippen molar-refractivity contribution in [3.05, 3.63) is 30.9 Å². The second-order valence-corrected chi connectivity index (χ2v) is 1.97. The van der Waals surface area contributed by atoms with Gasteiger partial charge in [0, 0.05) is 12.3 Å². The van der Waals surface area contributed by atoms with E-state index in [9.17, 15) is 0 Å². The fourth-order valence-corrected chi connectivity index (χ4v) is 0.784. The first-order valence-corrected chi connectivity index (χ1v) is 3.14. The Morgan fingerprint density at radius 2 is 2.18 bits per heavy atom. The lowest BCUT2D eigenvalue weighted by molar-refractivity contribution is 0.431. The quantitative estimate of drug-likeness (QED) is 0.606. The van der Waals surface area contributed by atoms with Crippen LogP contribution in [-0.4, -0.2) is 15.1 Å². The summed E-state index contributed by atoms with van der Waals surface area (Å²) >= 11 is 0. The van der Waals surface area contributed by atoms with Crippen LogP contribution in [-0.2, 0) is 0 Å². The molecule has 2 rings (SSSR count). The van der Waals surface area contributed by atoms with E-state index in [4.69, 9.17) is 4.52 Å². The molecule has 0 atom stereocenters. The van der Waals surface area contributed by atoms with Crippen molar-refractivity contribution < 1.29 is 4.52 Å². The van der Waals surface area contributed by atoms with Gasteiger partial charge in [-0.3, -0.25) is 0 Å². The Labute approximate surface area is 62.9 Å². The molecule has 0 saturated carbocycles. The lowest BCUT2D eigenvalue weighted by Crippen LogP contribution is -1.80. The zero-order chi connectivity index (χ0) is 7.52. The Morgan fingerprint density at radius 1 is 1.18 bits per heavy atom. The molecule has 0 fully saturated rings. The fraction of sp³-hybridized carbons (Fsp3) is 0. The zero-order valence-electron chi connectivity index (χ0n) is 5.64. The largest absolute Gasteiger partial charge is 0.355 e. The normalized spacial score (nSPS) is 9.82. The van der Waals surface area contributed by atoms with E-state index in [1.165, 1.54) is 6.33 Å². The molecule has 0 radical (unpaired) electrons. The molecule has 2 aromatic rings. The molecule has 4 heteroatoms. The van der Waals surface area contributed by atoms with Crippen LogP contribution in [0.1, 0.15) is 0 Å². The molecule has 0 aromatic carbocycles. The molecule has 0 N–H and O–H groups in total. The van der Waals surface area contributed by atoms with Gasteiger partial charge >= 0.3 is 0 Å². The van der Waals surface area contributed by atoms with Gasteiger partial charge in [0.2, 0.25) is 0 Å². The van der Waals surface area contributed by atoms with E-state index < -0.39 is 0 Å². The van der Waals surface area contributed by atoms with Crippen molar-refractivity contribution in [2.45, 2.75) is 0 Å². The number of nitrogens with zero attached hydrogens (tertiary/aromatic N) is 3. The Hall–Kier alpha value is -1.71. The van der Waals surface area contributed by atoms with Gasteiger partial charge in [0.1, 0.15) is 12.0 Å². The van der Waals surface area contributed by atoms with Gasteiger partial charge < -0.3 is 4.52 Å². The third-order valence-electron chi connectivity index (χ3n) is 1.27. The zero-order valence-corrected chi connectivity index (χ0v) is 5.64. The lowest BCUT2D eigenvalue weighted by atomic mass is 10.3. The van der Waals surface area contributed by atoms with Crippen LogP contribution in [0.4, 0.5) is 0 Å². The minimum Gasteiger partial charge on any atom is -0.355 e. The highest BCUT2D eigenvalue weighted by Crippen LogP contribution is 2.12. The van der Waals surface area contributed by atoms with Gasteiger partial charge in [0.25, 0.3) is 0 Å². The molecular weight excluding hydrogens is 142 g/mol. The molecule has 11 heavy (non-hydrogen) atoms. The Kier molecular flexibility index (Phi) is 1.37. The van der Waals surface area contributed by atoms with Crippen molar-refractivity contribution in [1.29, 1.82) is 0 Å². The highest BCUT2D eigenvalue weighted by Gasteiger charge is 1.99. The number of hydrogen-bond donors (Lipinski definition) is 0. The predicted octanol–water partition coefficient (Wildman–Crippen LogP) is 1.13. The van der Waals surface area contributed by atoms with Crippen LogP contribution < -0.4 is 0 Å². The van der Waals surface area contributed by atoms with Crippen LogP contribution in [0.5, 0.6) is 0 Å². The van der Waals surface area contributed by atoms with Crippen LogP contribution in [0.15, 0.2) is 35.4 Å². The van der Waals surface area contributed by atoms with Crippen molar-refractivity contribution in [2.75, 3.05) is 0 Å². The summed E-state index contributed by atoms with van der Waals surface area (Å²) in [4.78, 5) is 7.76. The van der Waals surface area contributed by atoms with E-state index in [0.29, 0.717) is 5.76 Å². The van der Waals surface area contributed by atoms with Crippen molar-refractivity contribution in [3.63, 3.8) is 0 Å². The van der Waals surface area contributed by atoms with Gasteiger partial charge in [0.05, 0.1) is 6.20 Å². The summed E-state index contributed by atoms with van der Waals surface area (Å²) in [6.07, 6.45) is 4.71. The van der Waals surface area contributed by atoms with Crippen molar-refractivity contribution in [1.82, 2.24) is 15.1 Å². The number of hydrogen-bond acceptors (Lipinski definition) is 4. The Balaban J connectivity index is 2.46. The molecule has 2 heterocycles. The molecule has 0 aliphatic rings. The number of aromatic nitrogens is 3. The first-order chi connectivity index (χ1) is 5.47. The van der Waals surface area contributed by atoms with Gasteiger partial charge in [-0.2, -0.15) is 0 Å². The third kappa shape index (κ3) is 1.10. The first-order valence-electron chi connectivity index (χ1n) is 3.14. The van der Waals surface area contributed by atoms with Crippen LogP contribution in [0.3, 0.4) is 0 Å². The highest BCUT2D eigenvalue weighted by molar-refractivity contribution is 5.49. The van der Waals surface area contributed by atoms with Crippen LogP contribution >= 0.6 is 0 Å². The monoisotopic (exact) mass is 147 g/mol. The van der Waals surface area contributed by atoms with E-state index >= 15 is 0 Å². The standard InChI is InChI=1S/C7H5N3O/c1-3-8-5-9-6(1)7-2-4-10-11-7/h1-5H. The molecule has 0 saturated heterocycles. The summed E-state index contributed by atoms with van der Waals surface area (Å²) < 4.78 is 4.88. The molecule has 0 aliphatic heterocycles. The van der Waals surface area contributed by atoms with Crippen LogP contribution in [0.25, 0.3) is 11.5 Å². The molecule has 0 amide bonds. The Bertz CT molecular complexity index is 317. The van der Waals surface area contributed by atoms with Gasteiger partial charge in [0.15, 0.2) is 5.76 Å². The smallest absolute Gasteiger partial charge is 0.185 e. The van der Waals surface area contributed by atoms with E-state index in [2.05, 4.69) is 15.1 Å². The predicted molar refractivity (Wildman–Crippen MR) is 37.5 cm³/mol. The summed E-state index contributed by atoms with van der Waals surface area (Å²) in [5.74, 6) is 0.660. The minimum absolute atomic E-state index is 0.660. The van der Waals surface area contributed by atoms with Gasteiger partial charge in [-0.1, -0.05) is 5.16 Å². The van der Waals surface area contributed by atoms with Crippen molar-refractivity contribution >= 4 is 0 Å². The van der Waals surface area contributed by atoms with E-state index in [0.717, 1.165) is 5.69 Å². The van der Waals surface area contributed by atoms with E-state index in [1.807, 2.05) is 0 Å². The van der Waals surface area contributed by atoms with Gasteiger partial charge in [-0.05, 0) is 6.07 Å². The van der Waals surface area contributed by atoms with Gasteiger partial charge in [-0.25, -0.2) is 9.97 Å². The van der Waals surface area contributed by atoms with Crippen molar-refractivity contribution in [2.24, 2.45) is 0 Å². The average molecular weight is 147 g/mol. The van der Waals surface area contributed by atoms with Crippen LogP contribution in [0, 0.1) is 0 Å². The average Bonchev–Trinajstić information content (AvgIpc) is 2.58. The third-order valence-corrected chi connectivity index (χ3v) is 1.27. The van der Waals surface area contributed by atoms with E-state index in [1.54, 1.807) is 24.5 Å². The molecular formula is C7H5N3O. The molecule has 2 aromatic heterocycles. The van der Waals surface area contributed by atoms with Crippen molar-refractivity contribution in [3.8, 4) is 11.5 Å². The Morgan fingerprint density at radius 3 is 2.82 bits per heavy atom. The van der Waals surface area contributed by atoms with Crippen LogP contribution in [0.2, 0.25) is 0 Å². The first kappa shape index (κ1) is 6.03. The summed E-state index contributed by atoms with van der Waals surface area (Å²) in [5.41, 5.74) is 0.748. The maximum absolute atomic E-state index is 4.88. The highest BCUT2D eigenvalue weighted by atomic mass is 16.5. The number of rotatable bonds is 1. The molecule has 0 aliphatic carbocycles. The molecule has 0 spiro atoms. The summed E-state index contributed by atoms with van der Waals surface area (Å²) in [6.45, 7) is 0. The topological polar surface area (TPSA) is 51.8 Å². The summed E-state index contributed by atoms with van der Waals surface area (Å²) in [5, 5.41) is 3.56. The summed E-state index contributed by atoms with van der Waals surface area (Å²) in [6, 6.07) is 3.52. The SMILES string of the molecule is c1cc(-c2ccno2)ncn1. The molecule has 0 bridgehead atoms. The minimum atomic E-state index is 0.660. The summed E-state index contributed by atoms with van der Waals surface area (Å²) in [7, 11) is 0. The second-order valence-electron chi connectivity index (χ2n) is 1.97. The maximum atomic E-state index is 4.88. The molecule has 0 unspecified atom stereocenters. The molecule has 4 nitrogen and oxygen atoms in total. The van der Waals surface area contributed by atoms with E-state index in [-0.39, 0.29) is 0 Å².